The van der Waals surface area contributed by atoms with E-state index in [1.165, 1.54) is 32.2 Å². The van der Waals surface area contributed by atoms with Crippen molar-refractivity contribution in [3.8, 4) is 0 Å². The van der Waals surface area contributed by atoms with E-state index in [4.69, 9.17) is 5.73 Å². The molecule has 0 radical (unpaired) electrons. The molecule has 0 bridgehead atoms. The zero-order chi connectivity index (χ0) is 8.97. The van der Waals surface area contributed by atoms with Crippen LogP contribution in [0.5, 0.6) is 0 Å². The lowest BCUT2D eigenvalue weighted by Crippen LogP contribution is -2.22. The van der Waals surface area contributed by atoms with Gasteiger partial charge in [-0.1, -0.05) is 6.92 Å². The molecule has 0 amide bonds. The highest BCUT2D eigenvalue weighted by atomic mass is 15.1. The standard InChI is InChI=1S/C10H22N2/c1-9(8-11)4-3-7-12(2)10-5-6-10/h9-10H,3-8,11H2,1-2H3. The molecule has 72 valence electrons. The lowest BCUT2D eigenvalue weighted by atomic mass is 10.1. The highest BCUT2D eigenvalue weighted by Crippen LogP contribution is 2.25. The first-order chi connectivity index (χ1) is 5.74. The number of nitrogens with two attached hydrogens (primary N) is 1. The molecule has 2 heteroatoms. The van der Waals surface area contributed by atoms with Crippen molar-refractivity contribution in [3.63, 3.8) is 0 Å². The normalized spacial score (nSPS) is 20.0. The van der Waals surface area contributed by atoms with Crippen molar-refractivity contribution in [2.75, 3.05) is 20.1 Å². The molecule has 1 rings (SSSR count). The third-order valence-corrected chi connectivity index (χ3v) is 2.78. The average molecular weight is 170 g/mol. The third kappa shape index (κ3) is 3.55. The molecular weight excluding hydrogens is 148 g/mol. The van der Waals surface area contributed by atoms with E-state index in [1.807, 2.05) is 0 Å². The lowest BCUT2D eigenvalue weighted by molar-refractivity contribution is 0.306. The number of hydrogen-bond acceptors (Lipinski definition) is 2. The van der Waals surface area contributed by atoms with Crippen molar-refractivity contribution < 1.29 is 0 Å². The topological polar surface area (TPSA) is 29.3 Å². The Bertz CT molecular complexity index is 121. The quantitative estimate of drug-likeness (QED) is 0.654. The maximum Gasteiger partial charge on any atom is 0.00933 e. The van der Waals surface area contributed by atoms with E-state index in [-0.39, 0.29) is 0 Å². The molecular formula is C10H22N2. The smallest absolute Gasteiger partial charge is 0.00933 e. The highest BCUT2D eigenvalue weighted by molar-refractivity contribution is 4.82. The number of rotatable bonds is 6. The van der Waals surface area contributed by atoms with Gasteiger partial charge in [-0.05, 0) is 51.7 Å². The summed E-state index contributed by atoms with van der Waals surface area (Å²) in [6.07, 6.45) is 5.44. The monoisotopic (exact) mass is 170 g/mol. The van der Waals surface area contributed by atoms with E-state index >= 15 is 0 Å². The number of nitrogens with zero attached hydrogens (tertiary/aromatic N) is 1. The summed E-state index contributed by atoms with van der Waals surface area (Å²) in [4.78, 5) is 2.49. The Balaban J connectivity index is 1.93. The predicted octanol–water partition coefficient (Wildman–Crippen LogP) is 1.46. The molecule has 0 aromatic rings. The Kier molecular flexibility index (Phi) is 4.02. The fourth-order valence-corrected chi connectivity index (χ4v) is 1.50. The van der Waals surface area contributed by atoms with E-state index in [2.05, 4.69) is 18.9 Å². The maximum atomic E-state index is 5.55. The molecule has 1 fully saturated rings. The van der Waals surface area contributed by atoms with Gasteiger partial charge in [0.2, 0.25) is 0 Å². The van der Waals surface area contributed by atoms with Gasteiger partial charge in [-0.2, -0.15) is 0 Å². The molecule has 0 heterocycles. The summed E-state index contributed by atoms with van der Waals surface area (Å²) in [5, 5.41) is 0. The van der Waals surface area contributed by atoms with Gasteiger partial charge in [-0.25, -0.2) is 0 Å². The van der Waals surface area contributed by atoms with Gasteiger partial charge in [0.05, 0.1) is 0 Å². The van der Waals surface area contributed by atoms with Crippen molar-refractivity contribution in [3.05, 3.63) is 0 Å². The van der Waals surface area contributed by atoms with E-state index < -0.39 is 0 Å². The van der Waals surface area contributed by atoms with Crippen LogP contribution in [0.2, 0.25) is 0 Å². The van der Waals surface area contributed by atoms with Gasteiger partial charge in [-0.15, -0.1) is 0 Å². The fourth-order valence-electron chi connectivity index (χ4n) is 1.50. The van der Waals surface area contributed by atoms with Crippen LogP contribution in [-0.2, 0) is 0 Å². The number of hydrogen-bond donors (Lipinski definition) is 1. The van der Waals surface area contributed by atoms with Crippen molar-refractivity contribution in [1.29, 1.82) is 0 Å². The van der Waals surface area contributed by atoms with Crippen molar-refractivity contribution >= 4 is 0 Å². The van der Waals surface area contributed by atoms with Gasteiger partial charge in [0, 0.05) is 6.04 Å². The molecule has 1 unspecified atom stereocenters. The second-order valence-corrected chi connectivity index (χ2v) is 4.19. The first-order valence-corrected chi connectivity index (χ1v) is 5.14. The summed E-state index contributed by atoms with van der Waals surface area (Å²) >= 11 is 0. The van der Waals surface area contributed by atoms with Gasteiger partial charge in [0.1, 0.15) is 0 Å². The second kappa shape index (κ2) is 4.83. The Labute approximate surface area is 76.1 Å². The van der Waals surface area contributed by atoms with Gasteiger partial charge in [-0.3, -0.25) is 0 Å². The Hall–Kier alpha value is -0.0800. The second-order valence-electron chi connectivity index (χ2n) is 4.19. The van der Waals surface area contributed by atoms with E-state index in [0.717, 1.165) is 12.6 Å². The zero-order valence-electron chi connectivity index (χ0n) is 8.42. The summed E-state index contributed by atoms with van der Waals surface area (Å²) in [5.74, 6) is 0.706. The van der Waals surface area contributed by atoms with E-state index in [0.29, 0.717) is 5.92 Å². The van der Waals surface area contributed by atoms with Crippen LogP contribution in [0.4, 0.5) is 0 Å². The summed E-state index contributed by atoms with van der Waals surface area (Å²) in [5.41, 5.74) is 5.55. The Morgan fingerprint density at radius 1 is 1.50 bits per heavy atom. The largest absolute Gasteiger partial charge is 0.330 e. The summed E-state index contributed by atoms with van der Waals surface area (Å²) in [6.45, 7) is 4.33. The van der Waals surface area contributed by atoms with E-state index in [9.17, 15) is 0 Å². The van der Waals surface area contributed by atoms with Crippen LogP contribution in [0.3, 0.4) is 0 Å². The molecule has 0 spiro atoms. The lowest BCUT2D eigenvalue weighted by Gasteiger charge is -2.16. The van der Waals surface area contributed by atoms with Gasteiger partial charge in [0.25, 0.3) is 0 Å². The Morgan fingerprint density at radius 2 is 2.17 bits per heavy atom. The minimum absolute atomic E-state index is 0.706. The average Bonchev–Trinajstić information content (AvgIpc) is 2.86. The highest BCUT2D eigenvalue weighted by Gasteiger charge is 2.25. The first-order valence-electron chi connectivity index (χ1n) is 5.14. The molecule has 1 aliphatic carbocycles. The summed E-state index contributed by atoms with van der Waals surface area (Å²) in [6, 6.07) is 0.915. The first kappa shape index (κ1) is 10.0. The maximum absolute atomic E-state index is 5.55. The Morgan fingerprint density at radius 3 is 2.67 bits per heavy atom. The van der Waals surface area contributed by atoms with Crippen LogP contribution in [0.15, 0.2) is 0 Å². The minimum atomic E-state index is 0.706. The third-order valence-electron chi connectivity index (χ3n) is 2.78. The van der Waals surface area contributed by atoms with Crippen LogP contribution in [-0.4, -0.2) is 31.1 Å². The molecule has 1 saturated carbocycles. The predicted molar refractivity (Wildman–Crippen MR) is 53.1 cm³/mol. The van der Waals surface area contributed by atoms with Crippen LogP contribution in [0.25, 0.3) is 0 Å². The van der Waals surface area contributed by atoms with Gasteiger partial charge in [0.15, 0.2) is 0 Å². The molecule has 0 aliphatic heterocycles. The minimum Gasteiger partial charge on any atom is -0.330 e. The van der Waals surface area contributed by atoms with Crippen molar-refractivity contribution in [1.82, 2.24) is 4.90 Å². The molecule has 0 aromatic heterocycles. The molecule has 12 heavy (non-hydrogen) atoms. The molecule has 1 aliphatic rings. The molecule has 0 saturated heterocycles. The van der Waals surface area contributed by atoms with Crippen LogP contribution < -0.4 is 5.73 Å². The van der Waals surface area contributed by atoms with Crippen LogP contribution >= 0.6 is 0 Å². The van der Waals surface area contributed by atoms with Crippen molar-refractivity contribution in [2.24, 2.45) is 11.7 Å². The summed E-state index contributed by atoms with van der Waals surface area (Å²) < 4.78 is 0. The van der Waals surface area contributed by atoms with E-state index in [1.54, 1.807) is 0 Å². The van der Waals surface area contributed by atoms with Crippen LogP contribution in [0, 0.1) is 5.92 Å². The fraction of sp³-hybridized carbons (Fsp3) is 1.00. The molecule has 2 N–H and O–H groups in total. The van der Waals surface area contributed by atoms with Gasteiger partial charge >= 0.3 is 0 Å². The van der Waals surface area contributed by atoms with Crippen LogP contribution in [0.1, 0.15) is 32.6 Å². The molecule has 2 nitrogen and oxygen atoms in total. The van der Waals surface area contributed by atoms with Crippen molar-refractivity contribution in [2.45, 2.75) is 38.6 Å². The van der Waals surface area contributed by atoms with Gasteiger partial charge < -0.3 is 10.6 Å². The SMILES string of the molecule is CC(CN)CCCN(C)C1CC1. The molecule has 1 atom stereocenters. The summed E-state index contributed by atoms with van der Waals surface area (Å²) in [7, 11) is 2.24. The zero-order valence-corrected chi connectivity index (χ0v) is 8.42. The molecule has 0 aromatic carbocycles.